The molecule has 0 saturated carbocycles. The lowest BCUT2D eigenvalue weighted by Gasteiger charge is -2.71. The highest BCUT2D eigenvalue weighted by molar-refractivity contribution is 8.80. The molecule has 2 bridgehead atoms. The fourth-order valence-corrected chi connectivity index (χ4v) is 400. The van der Waals surface area contributed by atoms with E-state index in [1.54, 1.807) is 83.5 Å². The van der Waals surface area contributed by atoms with Crippen molar-refractivity contribution >= 4 is 68.8 Å². The van der Waals surface area contributed by atoms with Gasteiger partial charge < -0.3 is 0 Å². The SMILES string of the molecule is CC(C)c1cc(C(C)C)c([Si](c2c(C(C)C)cc(C(C)C)cc2C(C)C)[Si]23[Si]4[Si]2[Si]4(c2c(C(C)C)cc(C(C)C)cc2C(C)C)[Si]3(c2c(C(C)C)cc(C(C)C)cc2C(C)C)c2c(C(C)C)cc(C(C)C)cc2C(C)C)c(C(C)C)c1. The highest BCUT2D eigenvalue weighted by Crippen LogP contribution is 2.77. The van der Waals surface area contributed by atoms with Crippen LogP contribution < -0.4 is 25.9 Å². The standard InChI is InChI=1S/C75H115Si6/c1-41(2)56-31-61(46(11)12)71(62(32-56)47(13)14)76(72-63(48(15)16)33-57(42(3)4)34-64(72)49(17)18)81-77-78(81)80(77,75-69(54(27)28)39-60(45(9)10)40-70(75)55(29)30)79(81,73-65(50(19)20)35-58(43(5)6)36-66(73)51(21)22)74-67(52(23)24)37-59(44(7)8)38-68(74)53(25)26/h31-55H,1-30H3. The lowest BCUT2D eigenvalue weighted by atomic mass is 9.89. The maximum atomic E-state index is 2.89. The van der Waals surface area contributed by atoms with Crippen molar-refractivity contribution in [1.29, 1.82) is 0 Å². The second kappa shape index (κ2) is 23.2. The topological polar surface area (TPSA) is 0 Å². The van der Waals surface area contributed by atoms with Crippen LogP contribution in [0.4, 0.5) is 0 Å². The molecule has 4 saturated heterocycles. The molecule has 6 heteroatoms. The third-order valence-electron chi connectivity index (χ3n) is 20.4. The van der Waals surface area contributed by atoms with Crippen molar-refractivity contribution in [2.75, 3.05) is 0 Å². The monoisotopic (exact) mass is 1180 g/mol. The van der Waals surface area contributed by atoms with Gasteiger partial charge in [-0.25, -0.2) is 0 Å². The van der Waals surface area contributed by atoms with Crippen LogP contribution in [0.2, 0.25) is 0 Å². The molecule has 0 spiro atoms. The third kappa shape index (κ3) is 9.85. The summed E-state index contributed by atoms with van der Waals surface area (Å²) in [5, 5.41) is 10.1. The molecule has 4 aliphatic heterocycles. The predicted molar refractivity (Wildman–Crippen MR) is 376 cm³/mol. The van der Waals surface area contributed by atoms with Gasteiger partial charge in [-0.2, -0.15) is 0 Å². The van der Waals surface area contributed by atoms with Crippen molar-refractivity contribution in [3.05, 3.63) is 144 Å². The molecular formula is C75H115Si6. The van der Waals surface area contributed by atoms with Crippen molar-refractivity contribution in [3.8, 4) is 0 Å². The molecule has 5 aromatic carbocycles. The van der Waals surface area contributed by atoms with Gasteiger partial charge in [0.25, 0.3) is 0 Å². The number of benzene rings is 5. The summed E-state index contributed by atoms with van der Waals surface area (Å²) < 4.78 is 0. The Morgan fingerprint density at radius 2 is 0.407 bits per heavy atom. The second-order valence-electron chi connectivity index (χ2n) is 31.1. The molecule has 0 unspecified atom stereocenters. The van der Waals surface area contributed by atoms with E-state index in [4.69, 9.17) is 0 Å². The summed E-state index contributed by atoms with van der Waals surface area (Å²) in [6.07, 6.45) is -2.34. The fraction of sp³-hybridized carbons (Fsp3) is 0.600. The zero-order valence-corrected chi connectivity index (χ0v) is 63.4. The molecule has 0 atom stereocenters. The van der Waals surface area contributed by atoms with Crippen LogP contribution >= 0.6 is 0 Å². The van der Waals surface area contributed by atoms with Crippen LogP contribution in [0.15, 0.2) is 60.7 Å². The maximum absolute atomic E-state index is 2.89. The zero-order valence-electron chi connectivity index (χ0n) is 57.4. The Kier molecular flexibility index (Phi) is 18.5. The van der Waals surface area contributed by atoms with Crippen LogP contribution in [0.5, 0.6) is 0 Å². The Labute approximate surface area is 505 Å². The molecule has 0 nitrogen and oxygen atoms in total. The average molecular weight is 1190 g/mol. The van der Waals surface area contributed by atoms with Gasteiger partial charge in [-0.3, -0.25) is 0 Å². The summed E-state index contributed by atoms with van der Waals surface area (Å²) in [5.41, 5.74) is 25.6. The van der Waals surface area contributed by atoms with Gasteiger partial charge in [-0.1, -0.05) is 294 Å². The van der Waals surface area contributed by atoms with Crippen LogP contribution in [0.25, 0.3) is 0 Å². The molecule has 4 heterocycles. The molecule has 3 radical (unpaired) electrons. The van der Waals surface area contributed by atoms with Crippen LogP contribution in [0.3, 0.4) is 0 Å². The minimum Gasteiger partial charge on any atom is -0.0614 e. The van der Waals surface area contributed by atoms with E-state index in [9.17, 15) is 0 Å². The highest BCUT2D eigenvalue weighted by atomic mass is 31.0. The molecule has 0 aromatic heterocycles. The smallest absolute Gasteiger partial charge is 0.0614 e. The Hall–Kier alpha value is -2.60. The number of hydrogen-bond acceptors (Lipinski definition) is 0. The van der Waals surface area contributed by atoms with Gasteiger partial charge in [-0.05, 0) is 172 Å². The molecule has 4 aliphatic rings. The van der Waals surface area contributed by atoms with Crippen molar-refractivity contribution in [3.63, 3.8) is 0 Å². The lowest BCUT2D eigenvalue weighted by Crippen LogP contribution is -3.11. The van der Waals surface area contributed by atoms with Crippen LogP contribution in [-0.4, -0.2) is 42.9 Å². The second-order valence-corrected chi connectivity index (χ2v) is 95.1. The summed E-state index contributed by atoms with van der Waals surface area (Å²) in [5.74, 6) is 6.87. The van der Waals surface area contributed by atoms with Gasteiger partial charge >= 0.3 is 0 Å². The molecule has 0 aliphatic carbocycles. The van der Waals surface area contributed by atoms with Gasteiger partial charge in [0.05, 0.1) is 13.7 Å². The summed E-state index contributed by atoms with van der Waals surface area (Å²) in [6, 6.07) is 28.6. The van der Waals surface area contributed by atoms with Crippen LogP contribution in [-0.2, 0) is 0 Å². The normalized spacial score (nSPS) is 16.8. The van der Waals surface area contributed by atoms with E-state index in [2.05, 4.69) is 284 Å². The van der Waals surface area contributed by atoms with Gasteiger partial charge in [0.1, 0.15) is 8.31 Å². The zero-order chi connectivity index (χ0) is 60.5. The molecular weight excluding hydrogens is 1070 g/mol. The highest BCUT2D eigenvalue weighted by Gasteiger charge is 3.18. The average Bonchev–Trinajstić information content (AvgIpc) is 4.24. The quantitative estimate of drug-likeness (QED) is 0.0643. The van der Waals surface area contributed by atoms with Crippen LogP contribution in [0, 0.1) is 0 Å². The first-order chi connectivity index (χ1) is 37.6. The fourth-order valence-electron chi connectivity index (χ4n) is 15.9. The summed E-state index contributed by atoms with van der Waals surface area (Å²) in [4.78, 5) is 0. The third-order valence-corrected chi connectivity index (χ3v) is 190. The Morgan fingerprint density at radius 3 is 0.580 bits per heavy atom. The first-order valence-corrected chi connectivity index (χ1v) is 51.7. The van der Waals surface area contributed by atoms with E-state index < -0.39 is 42.9 Å². The first kappa shape index (κ1) is 64.4. The van der Waals surface area contributed by atoms with E-state index in [-0.39, 0.29) is 0 Å². The predicted octanol–water partition coefficient (Wildman–Crippen LogP) is 18.9. The van der Waals surface area contributed by atoms with Gasteiger partial charge in [0.2, 0.25) is 0 Å². The van der Waals surface area contributed by atoms with Crippen molar-refractivity contribution < 1.29 is 0 Å². The molecule has 0 N–H and O–H groups in total. The van der Waals surface area contributed by atoms with E-state index >= 15 is 0 Å². The summed E-state index contributed by atoms with van der Waals surface area (Å²) >= 11 is 0. The molecule has 9 rings (SSSR count). The van der Waals surface area contributed by atoms with Gasteiger partial charge in [0, 0.05) is 20.8 Å². The minimum absolute atomic E-state index is 0.431. The molecule has 81 heavy (non-hydrogen) atoms. The largest absolute Gasteiger partial charge is 0.105 e. The van der Waals surface area contributed by atoms with E-state index in [0.717, 1.165) is 0 Å². The summed E-state index contributed by atoms with van der Waals surface area (Å²) in [6.45, 7) is 75.1. The molecule has 0 amide bonds. The molecule has 5 aromatic rings. The van der Waals surface area contributed by atoms with E-state index in [0.29, 0.717) is 88.8 Å². The van der Waals surface area contributed by atoms with Gasteiger partial charge in [0.15, 0.2) is 0 Å². The molecule has 4 fully saturated rings. The lowest BCUT2D eigenvalue weighted by molar-refractivity contribution is 0.809. The van der Waals surface area contributed by atoms with E-state index in [1.165, 1.54) is 0 Å². The number of rotatable bonds is 21. The number of hydrogen-bond donors (Lipinski definition) is 0. The van der Waals surface area contributed by atoms with Crippen LogP contribution in [0.1, 0.15) is 380 Å². The van der Waals surface area contributed by atoms with Crippen molar-refractivity contribution in [1.82, 2.24) is 0 Å². The summed E-state index contributed by atoms with van der Waals surface area (Å²) in [7, 11) is -5.71. The first-order valence-electron chi connectivity index (χ1n) is 33.2. The van der Waals surface area contributed by atoms with Gasteiger partial charge in [-0.15, -0.1) is 0 Å². The minimum atomic E-state index is -2.87. The Morgan fingerprint density at radius 1 is 0.235 bits per heavy atom. The van der Waals surface area contributed by atoms with Crippen molar-refractivity contribution in [2.45, 2.75) is 296 Å². The molecule has 439 valence electrons. The Balaban J connectivity index is 1.84. The Bertz CT molecular complexity index is 2840. The van der Waals surface area contributed by atoms with Crippen molar-refractivity contribution in [2.24, 2.45) is 0 Å². The maximum Gasteiger partial charge on any atom is 0.105 e. The van der Waals surface area contributed by atoms with E-state index in [1.807, 2.05) is 10.4 Å².